The van der Waals surface area contributed by atoms with Crippen LogP contribution in [0.4, 0.5) is 16.5 Å². The molecule has 0 saturated heterocycles. The molecule has 0 spiro atoms. The molecule has 0 radical (unpaired) electrons. The van der Waals surface area contributed by atoms with E-state index in [0.717, 1.165) is 64.8 Å². The van der Waals surface area contributed by atoms with E-state index < -0.39 is 0 Å². The van der Waals surface area contributed by atoms with Crippen molar-refractivity contribution in [1.29, 1.82) is 0 Å². The minimum atomic E-state index is -0.115. The summed E-state index contributed by atoms with van der Waals surface area (Å²) in [7, 11) is 0. The number of hydrogen-bond donors (Lipinski definition) is 2. The number of carbonyl (C=O) groups is 1. The van der Waals surface area contributed by atoms with Crippen LogP contribution in [0, 0.1) is 23.2 Å². The number of rotatable bonds is 5. The van der Waals surface area contributed by atoms with E-state index in [1.54, 1.807) is 23.7 Å². The summed E-state index contributed by atoms with van der Waals surface area (Å²) in [5.74, 6) is 2.57. The van der Waals surface area contributed by atoms with E-state index in [0.29, 0.717) is 0 Å². The number of amides is 1. The Morgan fingerprint density at radius 3 is 2.16 bits per heavy atom. The van der Waals surface area contributed by atoms with Crippen molar-refractivity contribution in [1.82, 2.24) is 9.97 Å². The predicted molar refractivity (Wildman–Crippen MR) is 124 cm³/mol. The molecule has 1 aromatic carbocycles. The lowest BCUT2D eigenvalue weighted by Gasteiger charge is -2.55. The van der Waals surface area contributed by atoms with Crippen LogP contribution in [0.25, 0.3) is 11.3 Å². The first-order chi connectivity index (χ1) is 15.1. The summed E-state index contributed by atoms with van der Waals surface area (Å²) in [6, 6.07) is 11.9. The molecule has 4 bridgehead atoms. The average molecular weight is 431 g/mol. The fourth-order valence-corrected chi connectivity index (χ4v) is 7.14. The van der Waals surface area contributed by atoms with Crippen molar-refractivity contribution in [3.05, 3.63) is 54.2 Å². The molecular formula is C25H26N4OS. The second-order valence-corrected chi connectivity index (χ2v) is 10.5. The summed E-state index contributed by atoms with van der Waals surface area (Å²) in [6.07, 6.45) is 10.9. The van der Waals surface area contributed by atoms with E-state index in [2.05, 4.69) is 20.6 Å². The average Bonchev–Trinajstić information content (AvgIpc) is 3.23. The zero-order chi connectivity index (χ0) is 20.8. The van der Waals surface area contributed by atoms with Crippen molar-refractivity contribution in [2.45, 2.75) is 38.5 Å². The minimum absolute atomic E-state index is 0.115. The molecule has 158 valence electrons. The number of aromatic nitrogens is 2. The summed E-state index contributed by atoms with van der Waals surface area (Å²) >= 11 is 1.57. The maximum Gasteiger partial charge on any atom is 0.230 e. The van der Waals surface area contributed by atoms with Gasteiger partial charge in [-0.25, -0.2) is 4.98 Å². The van der Waals surface area contributed by atoms with Gasteiger partial charge in [0.05, 0.1) is 11.1 Å². The van der Waals surface area contributed by atoms with Gasteiger partial charge in [0.2, 0.25) is 5.91 Å². The molecule has 0 unspecified atom stereocenters. The standard InChI is InChI=1S/C25H26N4OS/c30-23(25-12-16-9-17(13-25)11-18(10-16)14-25)27-20-1-3-21(4-2-20)28-24-29-22(15-31-24)19-5-7-26-8-6-19/h1-8,15-18H,9-14H2,(H,27,30)(H,28,29). The van der Waals surface area contributed by atoms with Crippen molar-refractivity contribution < 1.29 is 4.79 Å². The Bertz CT molecular complexity index is 1060. The van der Waals surface area contributed by atoms with Crippen LogP contribution >= 0.6 is 11.3 Å². The number of hydrogen-bond acceptors (Lipinski definition) is 5. The fraction of sp³-hybridized carbons (Fsp3) is 0.400. The Hall–Kier alpha value is -2.73. The van der Waals surface area contributed by atoms with Crippen LogP contribution in [-0.4, -0.2) is 15.9 Å². The van der Waals surface area contributed by atoms with Crippen LogP contribution in [0.3, 0.4) is 0 Å². The van der Waals surface area contributed by atoms with Crippen molar-refractivity contribution in [3.8, 4) is 11.3 Å². The van der Waals surface area contributed by atoms with E-state index in [9.17, 15) is 4.79 Å². The normalized spacial score (nSPS) is 28.5. The predicted octanol–water partition coefficient (Wildman–Crippen LogP) is 6.10. The number of benzene rings is 1. The third kappa shape index (κ3) is 3.63. The van der Waals surface area contributed by atoms with E-state index in [1.807, 2.05) is 41.8 Å². The van der Waals surface area contributed by atoms with Crippen LogP contribution in [0.15, 0.2) is 54.2 Å². The first-order valence-corrected chi connectivity index (χ1v) is 12.1. The number of carbonyl (C=O) groups excluding carboxylic acids is 1. The Kier molecular flexibility index (Phi) is 4.56. The topological polar surface area (TPSA) is 66.9 Å². The van der Waals surface area contributed by atoms with Crippen molar-refractivity contribution in [2.24, 2.45) is 23.2 Å². The van der Waals surface area contributed by atoms with Crippen LogP contribution in [-0.2, 0) is 4.79 Å². The molecular weight excluding hydrogens is 404 g/mol. The second kappa shape index (κ2) is 7.45. The Morgan fingerprint density at radius 2 is 1.52 bits per heavy atom. The van der Waals surface area contributed by atoms with Crippen molar-refractivity contribution in [3.63, 3.8) is 0 Å². The number of pyridine rings is 1. The zero-order valence-corrected chi connectivity index (χ0v) is 18.2. The molecule has 4 saturated carbocycles. The molecule has 2 N–H and O–H groups in total. The molecule has 0 atom stereocenters. The lowest BCUT2D eigenvalue weighted by atomic mass is 9.49. The number of anilines is 3. The van der Waals surface area contributed by atoms with Gasteiger partial charge in [-0.2, -0.15) is 0 Å². The molecule has 0 aliphatic heterocycles. The van der Waals surface area contributed by atoms with E-state index in [-0.39, 0.29) is 11.3 Å². The smallest absolute Gasteiger partial charge is 0.230 e. The maximum atomic E-state index is 13.2. The third-order valence-corrected chi connectivity index (χ3v) is 8.15. The Balaban J connectivity index is 1.11. The minimum Gasteiger partial charge on any atom is -0.332 e. The van der Waals surface area contributed by atoms with Crippen LogP contribution in [0.5, 0.6) is 0 Å². The van der Waals surface area contributed by atoms with Gasteiger partial charge in [-0.15, -0.1) is 11.3 Å². The van der Waals surface area contributed by atoms with Crippen molar-refractivity contribution >= 4 is 33.8 Å². The maximum absolute atomic E-state index is 13.2. The Morgan fingerprint density at radius 1 is 0.903 bits per heavy atom. The van der Waals surface area contributed by atoms with Gasteiger partial charge in [-0.3, -0.25) is 9.78 Å². The second-order valence-electron chi connectivity index (χ2n) is 9.63. The first-order valence-electron chi connectivity index (χ1n) is 11.2. The molecule has 4 aliphatic rings. The SMILES string of the molecule is O=C(Nc1ccc(Nc2nc(-c3ccncc3)cs2)cc1)C12CC3CC(CC(C3)C1)C2. The molecule has 7 rings (SSSR count). The summed E-state index contributed by atoms with van der Waals surface area (Å²) in [4.78, 5) is 22.0. The van der Waals surface area contributed by atoms with E-state index in [4.69, 9.17) is 0 Å². The molecule has 31 heavy (non-hydrogen) atoms. The summed E-state index contributed by atoms with van der Waals surface area (Å²) in [5, 5.41) is 9.48. The number of thiazole rings is 1. The summed E-state index contributed by atoms with van der Waals surface area (Å²) < 4.78 is 0. The van der Waals surface area contributed by atoms with Gasteiger partial charge < -0.3 is 10.6 Å². The summed E-state index contributed by atoms with van der Waals surface area (Å²) in [5.41, 5.74) is 3.72. The van der Waals surface area contributed by atoms with Crippen molar-refractivity contribution in [2.75, 3.05) is 10.6 Å². The van der Waals surface area contributed by atoms with Gasteiger partial charge in [0.1, 0.15) is 0 Å². The van der Waals surface area contributed by atoms with Crippen LogP contribution < -0.4 is 10.6 Å². The van der Waals surface area contributed by atoms with Gasteiger partial charge in [0.25, 0.3) is 0 Å². The molecule has 5 nitrogen and oxygen atoms in total. The lowest BCUT2D eigenvalue weighted by Crippen LogP contribution is -2.51. The van der Waals surface area contributed by atoms with Crippen LogP contribution in [0.2, 0.25) is 0 Å². The number of nitrogens with zero attached hydrogens (tertiary/aromatic N) is 2. The van der Waals surface area contributed by atoms with Gasteiger partial charge in [-0.05, 0) is 92.7 Å². The van der Waals surface area contributed by atoms with E-state index in [1.165, 1.54) is 19.3 Å². The molecule has 6 heteroatoms. The monoisotopic (exact) mass is 430 g/mol. The van der Waals surface area contributed by atoms with Gasteiger partial charge in [0, 0.05) is 34.7 Å². The highest BCUT2D eigenvalue weighted by atomic mass is 32.1. The van der Waals surface area contributed by atoms with Gasteiger partial charge in [-0.1, -0.05) is 0 Å². The highest BCUT2D eigenvalue weighted by molar-refractivity contribution is 7.14. The van der Waals surface area contributed by atoms with Crippen LogP contribution in [0.1, 0.15) is 38.5 Å². The Labute approximate surface area is 186 Å². The molecule has 3 aromatic rings. The first kappa shape index (κ1) is 19.0. The molecule has 1 amide bonds. The lowest BCUT2D eigenvalue weighted by molar-refractivity contribution is -0.140. The third-order valence-electron chi connectivity index (χ3n) is 7.39. The molecule has 2 heterocycles. The van der Waals surface area contributed by atoms with Gasteiger partial charge >= 0.3 is 0 Å². The quantitative estimate of drug-likeness (QED) is 0.513. The van der Waals surface area contributed by atoms with E-state index >= 15 is 0 Å². The number of nitrogens with one attached hydrogen (secondary N) is 2. The highest BCUT2D eigenvalue weighted by Gasteiger charge is 2.54. The summed E-state index contributed by atoms with van der Waals surface area (Å²) in [6.45, 7) is 0. The largest absolute Gasteiger partial charge is 0.332 e. The van der Waals surface area contributed by atoms with Gasteiger partial charge in [0.15, 0.2) is 5.13 Å². The highest BCUT2D eigenvalue weighted by Crippen LogP contribution is 2.60. The molecule has 4 aliphatic carbocycles. The zero-order valence-electron chi connectivity index (χ0n) is 17.4. The fourth-order valence-electron chi connectivity index (χ4n) is 6.40. The molecule has 2 aromatic heterocycles. The molecule has 4 fully saturated rings.